The average Bonchev–Trinajstić information content (AvgIpc) is 2.99. The molecule has 0 heterocycles. The quantitative estimate of drug-likeness (QED) is 0.198. The maximum atomic E-state index is 2.37. The SMILES string of the molecule is c1ccc(-c2ccccc2[As](c2ccccc2-c2ccccc2)c2ccccc2-c2ccccc2)cc1. The molecule has 0 N–H and O–H groups in total. The van der Waals surface area contributed by atoms with Crippen LogP contribution in [0.1, 0.15) is 0 Å². The van der Waals surface area contributed by atoms with Crippen molar-refractivity contribution in [2.24, 2.45) is 0 Å². The summed E-state index contributed by atoms with van der Waals surface area (Å²) >= 11 is -2.04. The van der Waals surface area contributed by atoms with E-state index in [0.717, 1.165) is 0 Å². The van der Waals surface area contributed by atoms with E-state index in [1.807, 2.05) is 0 Å². The van der Waals surface area contributed by atoms with E-state index in [0.29, 0.717) is 0 Å². The van der Waals surface area contributed by atoms with Gasteiger partial charge in [0, 0.05) is 0 Å². The summed E-state index contributed by atoms with van der Waals surface area (Å²) in [6.45, 7) is 0. The molecule has 6 rings (SSSR count). The van der Waals surface area contributed by atoms with Crippen molar-refractivity contribution in [3.63, 3.8) is 0 Å². The van der Waals surface area contributed by atoms with Crippen molar-refractivity contribution < 1.29 is 0 Å². The number of hydrogen-bond acceptors (Lipinski definition) is 0. The average molecular weight is 535 g/mol. The summed E-state index contributed by atoms with van der Waals surface area (Å²) in [5.74, 6) is 0. The van der Waals surface area contributed by atoms with Crippen LogP contribution >= 0.6 is 0 Å². The van der Waals surface area contributed by atoms with Gasteiger partial charge in [0.15, 0.2) is 0 Å². The summed E-state index contributed by atoms with van der Waals surface area (Å²) in [6, 6.07) is 59.6. The normalized spacial score (nSPS) is 10.9. The van der Waals surface area contributed by atoms with E-state index in [9.17, 15) is 0 Å². The predicted octanol–water partition coefficient (Wildman–Crippen LogP) is 7.20. The fourth-order valence-corrected chi connectivity index (χ4v) is 10.9. The van der Waals surface area contributed by atoms with Crippen LogP contribution in [0.2, 0.25) is 0 Å². The van der Waals surface area contributed by atoms with Gasteiger partial charge in [0.2, 0.25) is 0 Å². The van der Waals surface area contributed by atoms with Gasteiger partial charge in [-0.25, -0.2) is 0 Å². The molecule has 1 heteroatoms. The Kier molecular flexibility index (Phi) is 6.84. The Hall–Kier alpha value is -4.12. The third-order valence-corrected chi connectivity index (χ3v) is 12.2. The second-order valence-electron chi connectivity index (χ2n) is 8.98. The van der Waals surface area contributed by atoms with Crippen LogP contribution in [0.5, 0.6) is 0 Å². The molecule has 0 atom stereocenters. The van der Waals surface area contributed by atoms with Gasteiger partial charge in [-0.1, -0.05) is 0 Å². The van der Waals surface area contributed by atoms with Gasteiger partial charge in [-0.3, -0.25) is 0 Å². The van der Waals surface area contributed by atoms with Gasteiger partial charge in [0.1, 0.15) is 0 Å². The molecule has 0 aromatic heterocycles. The van der Waals surface area contributed by atoms with E-state index in [1.54, 1.807) is 0 Å². The third kappa shape index (κ3) is 4.82. The molecular weight excluding hydrogens is 507 g/mol. The Morgan fingerprint density at radius 2 is 0.486 bits per heavy atom. The molecule has 6 aromatic carbocycles. The van der Waals surface area contributed by atoms with Crippen molar-refractivity contribution in [1.29, 1.82) is 0 Å². The molecular formula is C36H27As. The van der Waals surface area contributed by atoms with Crippen LogP contribution in [-0.2, 0) is 0 Å². The van der Waals surface area contributed by atoms with Crippen molar-refractivity contribution in [2.75, 3.05) is 0 Å². The summed E-state index contributed by atoms with van der Waals surface area (Å²) in [4.78, 5) is 0. The summed E-state index contributed by atoms with van der Waals surface area (Å²) in [5, 5.41) is 0. The maximum absolute atomic E-state index is 2.37. The van der Waals surface area contributed by atoms with Gasteiger partial charge in [-0.15, -0.1) is 0 Å². The van der Waals surface area contributed by atoms with E-state index >= 15 is 0 Å². The Labute approximate surface area is 224 Å². The van der Waals surface area contributed by atoms with E-state index < -0.39 is 14.7 Å². The molecule has 0 bridgehead atoms. The zero-order chi connectivity index (χ0) is 24.9. The molecule has 0 aliphatic carbocycles. The molecule has 0 aliphatic rings. The fourth-order valence-electron chi connectivity index (χ4n) is 4.98. The van der Waals surface area contributed by atoms with E-state index in [2.05, 4.69) is 164 Å². The van der Waals surface area contributed by atoms with Crippen LogP contribution in [-0.4, -0.2) is 14.7 Å². The van der Waals surface area contributed by atoms with Crippen molar-refractivity contribution in [1.82, 2.24) is 0 Å². The van der Waals surface area contributed by atoms with Crippen LogP contribution < -0.4 is 13.1 Å². The molecule has 6 aromatic rings. The summed E-state index contributed by atoms with van der Waals surface area (Å²) < 4.78 is 4.36. The third-order valence-electron chi connectivity index (χ3n) is 6.69. The minimum absolute atomic E-state index is 1.27. The first-order valence-corrected chi connectivity index (χ1v) is 15.4. The van der Waals surface area contributed by atoms with Gasteiger partial charge < -0.3 is 0 Å². The molecule has 176 valence electrons. The molecule has 0 amide bonds. The van der Waals surface area contributed by atoms with Crippen molar-refractivity contribution in [3.05, 3.63) is 164 Å². The second kappa shape index (κ2) is 10.9. The molecule has 0 saturated carbocycles. The molecule has 0 saturated heterocycles. The topological polar surface area (TPSA) is 0 Å². The van der Waals surface area contributed by atoms with E-state index in [-0.39, 0.29) is 0 Å². The molecule has 0 fully saturated rings. The summed E-state index contributed by atoms with van der Waals surface area (Å²) in [5.41, 5.74) is 7.79. The Bertz CT molecular complexity index is 1410. The van der Waals surface area contributed by atoms with Gasteiger partial charge in [0.25, 0.3) is 0 Å². The van der Waals surface area contributed by atoms with Gasteiger partial charge in [-0.2, -0.15) is 0 Å². The van der Waals surface area contributed by atoms with E-state index in [1.165, 1.54) is 46.4 Å². The first kappa shape index (κ1) is 23.3. The number of hydrogen-bond donors (Lipinski definition) is 0. The first-order chi connectivity index (χ1) is 18.4. The minimum atomic E-state index is -2.04. The molecule has 0 unspecified atom stereocenters. The number of rotatable bonds is 6. The zero-order valence-electron chi connectivity index (χ0n) is 20.5. The molecule has 0 radical (unpaired) electrons. The monoisotopic (exact) mass is 534 g/mol. The van der Waals surface area contributed by atoms with Crippen LogP contribution in [0, 0.1) is 0 Å². The molecule has 0 nitrogen and oxygen atoms in total. The number of benzene rings is 6. The van der Waals surface area contributed by atoms with Gasteiger partial charge in [0.05, 0.1) is 0 Å². The van der Waals surface area contributed by atoms with E-state index in [4.69, 9.17) is 0 Å². The van der Waals surface area contributed by atoms with Crippen LogP contribution in [0.4, 0.5) is 0 Å². The van der Waals surface area contributed by atoms with Crippen LogP contribution in [0.25, 0.3) is 33.4 Å². The van der Waals surface area contributed by atoms with Crippen molar-refractivity contribution in [3.8, 4) is 33.4 Å². The Morgan fingerprint density at radius 1 is 0.243 bits per heavy atom. The second-order valence-corrected chi connectivity index (χ2v) is 13.4. The fraction of sp³-hybridized carbons (Fsp3) is 0. The van der Waals surface area contributed by atoms with Crippen LogP contribution in [0.3, 0.4) is 0 Å². The van der Waals surface area contributed by atoms with Crippen molar-refractivity contribution in [2.45, 2.75) is 0 Å². The zero-order valence-corrected chi connectivity index (χ0v) is 22.4. The summed E-state index contributed by atoms with van der Waals surface area (Å²) in [7, 11) is 0. The Balaban J connectivity index is 1.66. The van der Waals surface area contributed by atoms with Crippen LogP contribution in [0.15, 0.2) is 164 Å². The Morgan fingerprint density at radius 3 is 0.784 bits per heavy atom. The van der Waals surface area contributed by atoms with Crippen molar-refractivity contribution >= 4 is 27.7 Å². The first-order valence-electron chi connectivity index (χ1n) is 12.6. The predicted molar refractivity (Wildman–Crippen MR) is 160 cm³/mol. The standard InChI is InChI=1S/C36H27As/c1-4-16-28(17-5-1)31-22-10-13-25-34(31)37(35-26-14-11-23-32(35)29-18-6-2-7-19-29)36-27-15-12-24-33(36)30-20-8-3-9-21-30/h1-27H. The molecule has 37 heavy (non-hydrogen) atoms. The molecule has 0 aliphatic heterocycles. The van der Waals surface area contributed by atoms with Gasteiger partial charge in [-0.05, 0) is 0 Å². The van der Waals surface area contributed by atoms with Gasteiger partial charge >= 0.3 is 225 Å². The summed E-state index contributed by atoms with van der Waals surface area (Å²) in [6.07, 6.45) is 0. The molecule has 0 spiro atoms.